The van der Waals surface area contributed by atoms with Crippen LogP contribution in [0.3, 0.4) is 0 Å². The van der Waals surface area contributed by atoms with Crippen molar-refractivity contribution in [2.45, 2.75) is 52.3 Å². The molecule has 1 atom stereocenters. The zero-order valence-electron chi connectivity index (χ0n) is 14.1. The number of nitrogens with zero attached hydrogens (tertiary/aromatic N) is 2. The lowest BCUT2D eigenvalue weighted by Gasteiger charge is -2.34. The van der Waals surface area contributed by atoms with Crippen molar-refractivity contribution in [2.75, 3.05) is 0 Å². The van der Waals surface area contributed by atoms with Gasteiger partial charge in [-0.05, 0) is 27.7 Å². The van der Waals surface area contributed by atoms with E-state index in [1.165, 1.54) is 0 Å². The van der Waals surface area contributed by atoms with Gasteiger partial charge in [-0.3, -0.25) is 5.10 Å². The quantitative estimate of drug-likeness (QED) is 0.872. The molecule has 2 aromatic rings. The molecule has 1 aromatic carbocycles. The fraction of sp³-hybridized carbons (Fsp3) is 0.444. The molecule has 0 saturated carbocycles. The molecule has 0 saturated heterocycles. The van der Waals surface area contributed by atoms with E-state index in [0.717, 1.165) is 28.9 Å². The molecule has 122 valence electrons. The summed E-state index contributed by atoms with van der Waals surface area (Å²) >= 11 is 0. The van der Waals surface area contributed by atoms with E-state index in [2.05, 4.69) is 10.2 Å². The number of aromatic nitrogens is 2. The molecule has 1 N–H and O–H groups in total. The van der Waals surface area contributed by atoms with Crippen molar-refractivity contribution in [3.05, 3.63) is 41.6 Å². The van der Waals surface area contributed by atoms with E-state index in [0.29, 0.717) is 6.54 Å². The van der Waals surface area contributed by atoms with E-state index < -0.39 is 5.60 Å². The van der Waals surface area contributed by atoms with Gasteiger partial charge in [-0.1, -0.05) is 30.3 Å². The molecular formula is C18H23N3O2. The number of hydrogen-bond donors (Lipinski definition) is 1. The highest BCUT2D eigenvalue weighted by Crippen LogP contribution is 2.31. The first-order valence-electron chi connectivity index (χ1n) is 7.96. The summed E-state index contributed by atoms with van der Waals surface area (Å²) in [6.07, 6.45) is 0.491. The maximum Gasteiger partial charge on any atom is 0.410 e. The largest absolute Gasteiger partial charge is 0.444 e. The lowest BCUT2D eigenvalue weighted by molar-refractivity contribution is 0.0138. The standard InChI is InChI=1S/C18H23N3O2/c1-12-10-15-14(11-21(12)17(22)23-18(2,3)4)16(20-19-15)13-8-6-5-7-9-13/h5-9,12H,10-11H2,1-4H3,(H,19,20). The molecule has 3 rings (SSSR count). The number of aromatic amines is 1. The van der Waals surface area contributed by atoms with Gasteiger partial charge in [-0.15, -0.1) is 0 Å². The van der Waals surface area contributed by atoms with Crippen molar-refractivity contribution in [1.82, 2.24) is 15.1 Å². The van der Waals surface area contributed by atoms with Crippen LogP contribution in [0.25, 0.3) is 11.3 Å². The fourth-order valence-electron chi connectivity index (χ4n) is 2.87. The molecule has 1 aromatic heterocycles. The first-order valence-corrected chi connectivity index (χ1v) is 7.96. The van der Waals surface area contributed by atoms with Crippen molar-refractivity contribution in [2.24, 2.45) is 0 Å². The van der Waals surface area contributed by atoms with E-state index in [-0.39, 0.29) is 12.1 Å². The average molecular weight is 313 g/mol. The summed E-state index contributed by atoms with van der Waals surface area (Å²) in [5.74, 6) is 0. The van der Waals surface area contributed by atoms with Gasteiger partial charge < -0.3 is 9.64 Å². The van der Waals surface area contributed by atoms with Crippen LogP contribution in [0.4, 0.5) is 4.79 Å². The molecule has 1 aliphatic heterocycles. The molecule has 1 unspecified atom stereocenters. The number of hydrogen-bond acceptors (Lipinski definition) is 3. The molecule has 0 aliphatic carbocycles. The third kappa shape index (κ3) is 3.23. The minimum atomic E-state index is -0.490. The molecule has 2 heterocycles. The van der Waals surface area contributed by atoms with Crippen LogP contribution in [0.15, 0.2) is 30.3 Å². The zero-order chi connectivity index (χ0) is 16.6. The SMILES string of the molecule is CC1Cc2[nH]nc(-c3ccccc3)c2CN1C(=O)OC(C)(C)C. The Hall–Kier alpha value is -2.30. The van der Waals surface area contributed by atoms with Crippen LogP contribution in [-0.4, -0.2) is 32.8 Å². The van der Waals surface area contributed by atoms with Crippen molar-refractivity contribution >= 4 is 6.09 Å². The smallest absolute Gasteiger partial charge is 0.410 e. The second-order valence-electron chi connectivity index (χ2n) is 7.06. The van der Waals surface area contributed by atoms with Crippen molar-refractivity contribution in [3.63, 3.8) is 0 Å². The summed E-state index contributed by atoms with van der Waals surface area (Å²) in [6, 6.07) is 10.1. The zero-order valence-corrected chi connectivity index (χ0v) is 14.1. The highest BCUT2D eigenvalue weighted by molar-refractivity contribution is 5.71. The van der Waals surface area contributed by atoms with Crippen LogP contribution in [0, 0.1) is 0 Å². The number of rotatable bonds is 1. The Morgan fingerprint density at radius 3 is 2.65 bits per heavy atom. The molecule has 1 aliphatic rings. The minimum Gasteiger partial charge on any atom is -0.444 e. The molecule has 0 bridgehead atoms. The van der Waals surface area contributed by atoms with Gasteiger partial charge in [-0.2, -0.15) is 5.10 Å². The summed E-state index contributed by atoms with van der Waals surface area (Å²) in [5, 5.41) is 7.60. The van der Waals surface area contributed by atoms with Crippen LogP contribution >= 0.6 is 0 Å². The Morgan fingerprint density at radius 2 is 2.00 bits per heavy atom. The maximum absolute atomic E-state index is 12.5. The van der Waals surface area contributed by atoms with Gasteiger partial charge in [0, 0.05) is 29.3 Å². The predicted molar refractivity (Wildman–Crippen MR) is 89.0 cm³/mol. The van der Waals surface area contributed by atoms with Gasteiger partial charge in [0.25, 0.3) is 0 Å². The van der Waals surface area contributed by atoms with Crippen molar-refractivity contribution < 1.29 is 9.53 Å². The lowest BCUT2D eigenvalue weighted by atomic mass is 9.97. The lowest BCUT2D eigenvalue weighted by Crippen LogP contribution is -2.45. The normalized spacial score (nSPS) is 17.7. The van der Waals surface area contributed by atoms with Crippen LogP contribution < -0.4 is 0 Å². The minimum absolute atomic E-state index is 0.0847. The Balaban J connectivity index is 1.89. The Kier molecular flexibility index (Phi) is 3.88. The van der Waals surface area contributed by atoms with Crippen LogP contribution in [-0.2, 0) is 17.7 Å². The van der Waals surface area contributed by atoms with E-state index in [9.17, 15) is 4.79 Å². The number of carbonyl (C=O) groups excluding carboxylic acids is 1. The predicted octanol–water partition coefficient (Wildman–Crippen LogP) is 3.76. The molecular weight excluding hydrogens is 290 g/mol. The van der Waals surface area contributed by atoms with Crippen molar-refractivity contribution in [3.8, 4) is 11.3 Å². The van der Waals surface area contributed by atoms with Gasteiger partial charge in [0.05, 0.1) is 12.2 Å². The second-order valence-corrected chi connectivity index (χ2v) is 7.06. The van der Waals surface area contributed by atoms with Gasteiger partial charge >= 0.3 is 6.09 Å². The summed E-state index contributed by atoms with van der Waals surface area (Å²) < 4.78 is 5.54. The van der Waals surface area contributed by atoms with E-state index in [1.807, 2.05) is 58.0 Å². The molecule has 23 heavy (non-hydrogen) atoms. The Morgan fingerprint density at radius 1 is 1.30 bits per heavy atom. The van der Waals surface area contributed by atoms with Gasteiger partial charge in [0.15, 0.2) is 0 Å². The van der Waals surface area contributed by atoms with E-state index >= 15 is 0 Å². The molecule has 0 radical (unpaired) electrons. The molecule has 5 heteroatoms. The number of ether oxygens (including phenoxy) is 1. The van der Waals surface area contributed by atoms with Gasteiger partial charge in [0.1, 0.15) is 5.60 Å². The average Bonchev–Trinajstić information content (AvgIpc) is 2.88. The number of H-pyrrole nitrogens is 1. The highest BCUT2D eigenvalue weighted by atomic mass is 16.6. The van der Waals surface area contributed by atoms with Crippen LogP contribution in [0.5, 0.6) is 0 Å². The Bertz CT molecular complexity index is 701. The first kappa shape index (κ1) is 15.6. The Labute approximate surface area is 136 Å². The number of benzene rings is 1. The van der Waals surface area contributed by atoms with E-state index in [4.69, 9.17) is 4.74 Å². The topological polar surface area (TPSA) is 58.2 Å². The molecule has 0 fully saturated rings. The summed E-state index contributed by atoms with van der Waals surface area (Å²) in [7, 11) is 0. The summed E-state index contributed by atoms with van der Waals surface area (Å²) in [5.41, 5.74) is 3.68. The monoisotopic (exact) mass is 313 g/mol. The van der Waals surface area contributed by atoms with E-state index in [1.54, 1.807) is 4.90 Å². The first-order chi connectivity index (χ1) is 10.8. The molecule has 5 nitrogen and oxygen atoms in total. The summed E-state index contributed by atoms with van der Waals surface area (Å²) in [4.78, 5) is 14.3. The fourth-order valence-corrected chi connectivity index (χ4v) is 2.87. The molecule has 1 amide bonds. The third-order valence-corrected chi connectivity index (χ3v) is 3.99. The second kappa shape index (κ2) is 5.72. The van der Waals surface area contributed by atoms with Gasteiger partial charge in [0.2, 0.25) is 0 Å². The number of nitrogens with one attached hydrogen (secondary N) is 1. The third-order valence-electron chi connectivity index (χ3n) is 3.99. The summed E-state index contributed by atoms with van der Waals surface area (Å²) in [6.45, 7) is 8.22. The van der Waals surface area contributed by atoms with Crippen molar-refractivity contribution in [1.29, 1.82) is 0 Å². The van der Waals surface area contributed by atoms with Crippen LogP contribution in [0.2, 0.25) is 0 Å². The van der Waals surface area contributed by atoms with Crippen LogP contribution in [0.1, 0.15) is 39.0 Å². The maximum atomic E-state index is 12.5. The number of fused-ring (bicyclic) bond motifs is 1. The highest BCUT2D eigenvalue weighted by Gasteiger charge is 2.33. The molecule has 0 spiro atoms. The van der Waals surface area contributed by atoms with Gasteiger partial charge in [-0.25, -0.2) is 4.79 Å². The number of carbonyl (C=O) groups is 1. The number of amides is 1.